The van der Waals surface area contributed by atoms with E-state index < -0.39 is 0 Å². The molecule has 6 aromatic carbocycles. The SMILES string of the molecule is c1ccc2c(c1)sc1cc(-c3ccc4c(c3)oc3cc(-n5c6ccccc6c6ccccc65)ccc34)ccc12. The zero-order chi connectivity index (χ0) is 25.5. The molecule has 0 aliphatic heterocycles. The predicted molar refractivity (Wildman–Crippen MR) is 166 cm³/mol. The van der Waals surface area contributed by atoms with E-state index in [0.717, 1.165) is 27.6 Å². The van der Waals surface area contributed by atoms with Crippen molar-refractivity contribution >= 4 is 75.3 Å². The third-order valence-electron chi connectivity index (χ3n) is 8.01. The van der Waals surface area contributed by atoms with Crippen LogP contribution in [0.4, 0.5) is 0 Å². The molecule has 3 heterocycles. The van der Waals surface area contributed by atoms with Gasteiger partial charge in [-0.3, -0.25) is 0 Å². The summed E-state index contributed by atoms with van der Waals surface area (Å²) in [5.41, 5.74) is 7.71. The number of aromatic nitrogens is 1. The highest BCUT2D eigenvalue weighted by Crippen LogP contribution is 2.39. The van der Waals surface area contributed by atoms with Crippen molar-refractivity contribution in [1.29, 1.82) is 0 Å². The average Bonchev–Trinajstić information content (AvgIpc) is 3.65. The maximum absolute atomic E-state index is 6.50. The lowest BCUT2D eigenvalue weighted by atomic mass is 10.0. The molecular formula is C36H21NOS. The lowest BCUT2D eigenvalue weighted by Crippen LogP contribution is -1.93. The van der Waals surface area contributed by atoms with Gasteiger partial charge >= 0.3 is 0 Å². The van der Waals surface area contributed by atoms with Crippen LogP contribution >= 0.6 is 11.3 Å². The Balaban J connectivity index is 1.20. The molecule has 3 heteroatoms. The molecule has 0 spiro atoms. The van der Waals surface area contributed by atoms with Gasteiger partial charge in [-0.1, -0.05) is 72.8 Å². The van der Waals surface area contributed by atoms with Crippen LogP contribution in [-0.2, 0) is 0 Å². The van der Waals surface area contributed by atoms with Gasteiger partial charge in [0.15, 0.2) is 0 Å². The van der Waals surface area contributed by atoms with Gasteiger partial charge in [-0.25, -0.2) is 0 Å². The summed E-state index contributed by atoms with van der Waals surface area (Å²) >= 11 is 1.85. The number of rotatable bonds is 2. The van der Waals surface area contributed by atoms with E-state index in [-0.39, 0.29) is 0 Å². The van der Waals surface area contributed by atoms with Crippen molar-refractivity contribution < 1.29 is 4.42 Å². The smallest absolute Gasteiger partial charge is 0.137 e. The summed E-state index contributed by atoms with van der Waals surface area (Å²) in [7, 11) is 0. The van der Waals surface area contributed by atoms with E-state index in [4.69, 9.17) is 4.42 Å². The standard InChI is InChI=1S/C36H21NOS/c1-4-10-31-25(7-1)26-8-2-5-11-32(26)37(31)24-15-18-28-27-16-13-22(19-33(27)38-34(28)21-24)23-14-17-30-29-9-3-6-12-35(29)39-36(30)20-23/h1-21H. The van der Waals surface area contributed by atoms with E-state index in [1.54, 1.807) is 0 Å². The van der Waals surface area contributed by atoms with Crippen LogP contribution < -0.4 is 0 Å². The largest absolute Gasteiger partial charge is 0.456 e. The summed E-state index contributed by atoms with van der Waals surface area (Å²) < 4.78 is 11.5. The average molecular weight is 516 g/mol. The van der Waals surface area contributed by atoms with E-state index >= 15 is 0 Å². The topological polar surface area (TPSA) is 18.1 Å². The Morgan fingerprint density at radius 3 is 1.77 bits per heavy atom. The zero-order valence-electron chi connectivity index (χ0n) is 20.9. The number of para-hydroxylation sites is 2. The summed E-state index contributed by atoms with van der Waals surface area (Å²) in [6, 6.07) is 45.8. The molecule has 0 aliphatic rings. The number of thiophene rings is 1. The van der Waals surface area contributed by atoms with Gasteiger partial charge in [-0.05, 0) is 59.7 Å². The fourth-order valence-corrected chi connectivity index (χ4v) is 7.34. The highest BCUT2D eigenvalue weighted by molar-refractivity contribution is 7.25. The summed E-state index contributed by atoms with van der Waals surface area (Å²) in [6.45, 7) is 0. The highest BCUT2D eigenvalue weighted by atomic mass is 32.1. The molecule has 3 aromatic heterocycles. The van der Waals surface area contributed by atoms with Crippen molar-refractivity contribution in [2.24, 2.45) is 0 Å². The molecule has 0 unspecified atom stereocenters. The summed E-state index contributed by atoms with van der Waals surface area (Å²) in [4.78, 5) is 0. The number of furan rings is 1. The van der Waals surface area contributed by atoms with Crippen molar-refractivity contribution in [2.45, 2.75) is 0 Å². The van der Waals surface area contributed by atoms with Crippen molar-refractivity contribution in [1.82, 2.24) is 4.57 Å². The number of hydrogen-bond donors (Lipinski definition) is 0. The van der Waals surface area contributed by atoms with Gasteiger partial charge in [-0.15, -0.1) is 11.3 Å². The van der Waals surface area contributed by atoms with Gasteiger partial charge in [0.1, 0.15) is 11.2 Å². The molecule has 182 valence electrons. The Labute approximate surface area is 227 Å². The monoisotopic (exact) mass is 515 g/mol. The molecule has 0 saturated heterocycles. The third kappa shape index (κ3) is 3.02. The first kappa shape index (κ1) is 21.1. The molecule has 39 heavy (non-hydrogen) atoms. The van der Waals surface area contributed by atoms with Gasteiger partial charge in [0, 0.05) is 53.5 Å². The molecule has 0 aliphatic carbocycles. The minimum absolute atomic E-state index is 0.904. The van der Waals surface area contributed by atoms with Crippen LogP contribution in [0.15, 0.2) is 132 Å². The fraction of sp³-hybridized carbons (Fsp3) is 0. The van der Waals surface area contributed by atoms with E-state index in [2.05, 4.69) is 132 Å². The Morgan fingerprint density at radius 2 is 1.00 bits per heavy atom. The number of nitrogens with zero attached hydrogens (tertiary/aromatic N) is 1. The second-order valence-corrected chi connectivity index (χ2v) is 11.3. The van der Waals surface area contributed by atoms with Crippen LogP contribution in [-0.4, -0.2) is 4.57 Å². The Bertz CT molecular complexity index is 2350. The van der Waals surface area contributed by atoms with E-state index in [1.165, 1.54) is 53.1 Å². The van der Waals surface area contributed by atoms with Gasteiger partial charge in [0.2, 0.25) is 0 Å². The van der Waals surface area contributed by atoms with Crippen LogP contribution in [0.3, 0.4) is 0 Å². The Kier molecular flexibility index (Phi) is 4.24. The van der Waals surface area contributed by atoms with Crippen molar-refractivity contribution in [3.05, 3.63) is 127 Å². The molecule has 0 radical (unpaired) electrons. The predicted octanol–water partition coefficient (Wildman–Crippen LogP) is 10.7. The third-order valence-corrected chi connectivity index (χ3v) is 9.14. The van der Waals surface area contributed by atoms with Crippen molar-refractivity contribution in [3.63, 3.8) is 0 Å². The van der Waals surface area contributed by atoms with Crippen LogP contribution in [0, 0.1) is 0 Å². The molecule has 0 fully saturated rings. The first-order chi connectivity index (χ1) is 19.3. The van der Waals surface area contributed by atoms with Gasteiger partial charge < -0.3 is 8.98 Å². The number of benzene rings is 6. The van der Waals surface area contributed by atoms with Crippen LogP contribution in [0.5, 0.6) is 0 Å². The van der Waals surface area contributed by atoms with Crippen LogP contribution in [0.1, 0.15) is 0 Å². The first-order valence-corrected chi connectivity index (χ1v) is 14.0. The van der Waals surface area contributed by atoms with E-state index in [9.17, 15) is 0 Å². The molecule has 0 amide bonds. The lowest BCUT2D eigenvalue weighted by molar-refractivity contribution is 0.669. The van der Waals surface area contributed by atoms with Gasteiger partial charge in [0.05, 0.1) is 11.0 Å². The minimum Gasteiger partial charge on any atom is -0.456 e. The molecule has 0 N–H and O–H groups in total. The minimum atomic E-state index is 0.904. The summed E-state index contributed by atoms with van der Waals surface area (Å²) in [5.74, 6) is 0. The molecule has 0 bridgehead atoms. The summed E-state index contributed by atoms with van der Waals surface area (Å²) in [5, 5.41) is 7.46. The molecular weight excluding hydrogens is 494 g/mol. The normalized spacial score (nSPS) is 12.1. The molecule has 9 aromatic rings. The molecule has 9 rings (SSSR count). The maximum atomic E-state index is 6.50. The lowest BCUT2D eigenvalue weighted by Gasteiger charge is -2.07. The second-order valence-electron chi connectivity index (χ2n) is 10.2. The van der Waals surface area contributed by atoms with Crippen molar-refractivity contribution in [3.8, 4) is 16.8 Å². The van der Waals surface area contributed by atoms with Crippen molar-refractivity contribution in [2.75, 3.05) is 0 Å². The van der Waals surface area contributed by atoms with E-state index in [0.29, 0.717) is 0 Å². The van der Waals surface area contributed by atoms with Crippen LogP contribution in [0.25, 0.3) is 80.7 Å². The fourth-order valence-electron chi connectivity index (χ4n) is 6.19. The summed E-state index contributed by atoms with van der Waals surface area (Å²) in [6.07, 6.45) is 0. The highest BCUT2D eigenvalue weighted by Gasteiger charge is 2.15. The van der Waals surface area contributed by atoms with Crippen LogP contribution in [0.2, 0.25) is 0 Å². The number of fused-ring (bicyclic) bond motifs is 9. The maximum Gasteiger partial charge on any atom is 0.137 e. The zero-order valence-corrected chi connectivity index (χ0v) is 21.7. The van der Waals surface area contributed by atoms with Gasteiger partial charge in [-0.2, -0.15) is 0 Å². The molecule has 0 saturated carbocycles. The molecule has 2 nitrogen and oxygen atoms in total. The first-order valence-electron chi connectivity index (χ1n) is 13.2. The van der Waals surface area contributed by atoms with E-state index in [1.807, 2.05) is 11.3 Å². The van der Waals surface area contributed by atoms with Gasteiger partial charge in [0.25, 0.3) is 0 Å². The molecule has 0 atom stereocenters. The Hall–Kier alpha value is -4.86. The second kappa shape index (κ2) is 7.83. The quantitative estimate of drug-likeness (QED) is 0.224. The Morgan fingerprint density at radius 1 is 0.436 bits per heavy atom. The number of hydrogen-bond acceptors (Lipinski definition) is 2.